The van der Waals surface area contributed by atoms with Crippen molar-refractivity contribution in [3.05, 3.63) is 124 Å². The van der Waals surface area contributed by atoms with Gasteiger partial charge < -0.3 is 10.1 Å². The second kappa shape index (κ2) is 9.48. The molecule has 170 valence electrons. The average Bonchev–Trinajstić information content (AvgIpc) is 2.88. The number of dihydropyridines is 1. The van der Waals surface area contributed by atoms with Crippen LogP contribution in [0.1, 0.15) is 48.3 Å². The molecule has 2 heterocycles. The first-order chi connectivity index (χ1) is 16.6. The fourth-order valence-corrected chi connectivity index (χ4v) is 4.95. The fourth-order valence-electron chi connectivity index (χ4n) is 4.95. The minimum Gasteiger partial charge on any atom is -0.457 e. The minimum atomic E-state index is -0.502. The van der Waals surface area contributed by atoms with Gasteiger partial charge in [0.1, 0.15) is 6.61 Å². The molecule has 5 nitrogen and oxygen atoms in total. The standard InChI is InChI=1S/C29H26N2O3/c1-19-26(29(33)34-18-20-9-4-2-5-10-20)27(22-13-8-14-30-17-22)28-24(31-19)15-23(16-25(28)32)21-11-6-3-7-12-21/h2-14,17,23,27,31H,15-16,18H2,1H3/t23-,27-/m0/s1. The van der Waals surface area contributed by atoms with Crippen molar-refractivity contribution >= 4 is 11.8 Å². The molecule has 0 fully saturated rings. The molecule has 0 bridgehead atoms. The molecule has 0 radical (unpaired) electrons. The Bertz CT molecular complexity index is 1260. The van der Waals surface area contributed by atoms with E-state index >= 15 is 0 Å². The van der Waals surface area contributed by atoms with Crippen LogP contribution in [-0.2, 0) is 20.9 Å². The van der Waals surface area contributed by atoms with Crippen molar-refractivity contribution in [1.29, 1.82) is 0 Å². The molecule has 0 saturated carbocycles. The maximum Gasteiger partial charge on any atom is 0.337 e. The number of ether oxygens (including phenoxy) is 1. The van der Waals surface area contributed by atoms with Crippen LogP contribution in [-0.4, -0.2) is 16.7 Å². The lowest BCUT2D eigenvalue weighted by molar-refractivity contribution is -0.140. The first-order valence-corrected chi connectivity index (χ1v) is 11.5. The minimum absolute atomic E-state index is 0.0531. The van der Waals surface area contributed by atoms with Crippen LogP contribution in [0.15, 0.2) is 108 Å². The Morgan fingerprint density at radius 3 is 2.38 bits per heavy atom. The van der Waals surface area contributed by atoms with Crippen molar-refractivity contribution in [2.75, 3.05) is 0 Å². The monoisotopic (exact) mass is 450 g/mol. The molecule has 5 rings (SSSR count). The molecule has 1 aliphatic heterocycles. The summed E-state index contributed by atoms with van der Waals surface area (Å²) in [6, 6.07) is 23.5. The number of esters is 1. The molecule has 1 aromatic heterocycles. The van der Waals surface area contributed by atoms with E-state index in [0.717, 1.165) is 22.4 Å². The van der Waals surface area contributed by atoms with E-state index in [1.165, 1.54) is 0 Å². The molecule has 1 N–H and O–H groups in total. The SMILES string of the molecule is CC1=C(C(=O)OCc2ccccc2)[C@H](c2cccnc2)C2=C(C[C@H](c3ccccc3)CC2=O)N1. The Kier molecular flexibility index (Phi) is 6.09. The predicted molar refractivity (Wildman–Crippen MR) is 130 cm³/mol. The van der Waals surface area contributed by atoms with E-state index in [4.69, 9.17) is 4.74 Å². The maximum absolute atomic E-state index is 13.6. The second-order valence-electron chi connectivity index (χ2n) is 8.78. The fraction of sp³-hybridized carbons (Fsp3) is 0.207. The molecular weight excluding hydrogens is 424 g/mol. The molecule has 1 aliphatic carbocycles. The third-order valence-electron chi connectivity index (χ3n) is 6.55. The molecule has 34 heavy (non-hydrogen) atoms. The number of ketones is 1. The Morgan fingerprint density at radius 2 is 1.68 bits per heavy atom. The van der Waals surface area contributed by atoms with Crippen LogP contribution < -0.4 is 5.32 Å². The van der Waals surface area contributed by atoms with Gasteiger partial charge >= 0.3 is 5.97 Å². The van der Waals surface area contributed by atoms with E-state index in [0.29, 0.717) is 29.7 Å². The zero-order chi connectivity index (χ0) is 23.5. The van der Waals surface area contributed by atoms with Crippen LogP contribution in [0.5, 0.6) is 0 Å². The maximum atomic E-state index is 13.6. The van der Waals surface area contributed by atoms with E-state index in [1.54, 1.807) is 12.4 Å². The van der Waals surface area contributed by atoms with Crippen molar-refractivity contribution in [3.8, 4) is 0 Å². The van der Waals surface area contributed by atoms with Gasteiger partial charge in [-0.05, 0) is 42.0 Å². The van der Waals surface area contributed by atoms with Crippen LogP contribution in [0.3, 0.4) is 0 Å². The molecular formula is C29H26N2O3. The number of allylic oxidation sites excluding steroid dienone is 3. The van der Waals surface area contributed by atoms with Crippen LogP contribution in [0.25, 0.3) is 0 Å². The summed E-state index contributed by atoms with van der Waals surface area (Å²) in [5.74, 6) is -0.768. The van der Waals surface area contributed by atoms with Gasteiger partial charge in [0.15, 0.2) is 5.78 Å². The summed E-state index contributed by atoms with van der Waals surface area (Å²) >= 11 is 0. The van der Waals surface area contributed by atoms with E-state index < -0.39 is 11.9 Å². The van der Waals surface area contributed by atoms with Gasteiger partial charge in [0.25, 0.3) is 0 Å². The van der Waals surface area contributed by atoms with E-state index in [-0.39, 0.29) is 18.3 Å². The number of aromatic nitrogens is 1. The van der Waals surface area contributed by atoms with Gasteiger partial charge in [0.05, 0.1) is 5.57 Å². The lowest BCUT2D eigenvalue weighted by Crippen LogP contribution is -2.36. The molecule has 0 spiro atoms. The van der Waals surface area contributed by atoms with E-state index in [2.05, 4.69) is 22.4 Å². The van der Waals surface area contributed by atoms with Gasteiger partial charge in [-0.25, -0.2) is 4.79 Å². The number of nitrogens with zero attached hydrogens (tertiary/aromatic N) is 1. The molecule has 0 unspecified atom stereocenters. The number of benzene rings is 2. The number of carbonyl (C=O) groups is 2. The molecule has 0 amide bonds. The van der Waals surface area contributed by atoms with Crippen LogP contribution in [0.2, 0.25) is 0 Å². The first-order valence-electron chi connectivity index (χ1n) is 11.5. The summed E-state index contributed by atoms with van der Waals surface area (Å²) in [5, 5.41) is 3.39. The van der Waals surface area contributed by atoms with Crippen LogP contribution in [0, 0.1) is 0 Å². The number of nitrogens with one attached hydrogen (secondary N) is 1. The molecule has 0 saturated heterocycles. The number of Topliss-reactive ketones (excluding diaryl/α,β-unsaturated/α-hetero) is 1. The number of rotatable bonds is 5. The first kappa shape index (κ1) is 21.8. The molecule has 2 atom stereocenters. The summed E-state index contributed by atoms with van der Waals surface area (Å²) < 4.78 is 5.70. The van der Waals surface area contributed by atoms with Gasteiger partial charge in [-0.15, -0.1) is 0 Å². The van der Waals surface area contributed by atoms with Crippen molar-refractivity contribution in [2.24, 2.45) is 0 Å². The Balaban J connectivity index is 1.50. The van der Waals surface area contributed by atoms with Crippen LogP contribution in [0.4, 0.5) is 0 Å². The number of hydrogen-bond donors (Lipinski definition) is 1. The third kappa shape index (κ3) is 4.29. The number of hydrogen-bond acceptors (Lipinski definition) is 5. The van der Waals surface area contributed by atoms with Crippen molar-refractivity contribution in [1.82, 2.24) is 10.3 Å². The lowest BCUT2D eigenvalue weighted by Gasteiger charge is -2.36. The van der Waals surface area contributed by atoms with Crippen molar-refractivity contribution in [2.45, 2.75) is 38.2 Å². The summed E-state index contributed by atoms with van der Waals surface area (Å²) in [7, 11) is 0. The van der Waals surface area contributed by atoms with Gasteiger partial charge in [0, 0.05) is 41.7 Å². The second-order valence-corrected chi connectivity index (χ2v) is 8.78. The Hall–Kier alpha value is -3.99. The Labute approximate surface area is 199 Å². The highest BCUT2D eigenvalue weighted by Crippen LogP contribution is 2.45. The summed E-state index contributed by atoms with van der Waals surface area (Å²) in [5.41, 5.74) is 5.59. The zero-order valence-corrected chi connectivity index (χ0v) is 19.0. The smallest absolute Gasteiger partial charge is 0.337 e. The molecule has 3 aromatic rings. The Morgan fingerprint density at radius 1 is 0.971 bits per heavy atom. The third-order valence-corrected chi connectivity index (χ3v) is 6.55. The number of carbonyl (C=O) groups excluding carboxylic acids is 2. The quantitative estimate of drug-likeness (QED) is 0.542. The summed E-state index contributed by atoms with van der Waals surface area (Å²) in [6.45, 7) is 2.05. The summed E-state index contributed by atoms with van der Waals surface area (Å²) in [4.78, 5) is 31.2. The highest BCUT2D eigenvalue weighted by molar-refractivity contribution is 6.04. The van der Waals surface area contributed by atoms with Gasteiger partial charge in [0.2, 0.25) is 0 Å². The molecule has 2 aliphatic rings. The lowest BCUT2D eigenvalue weighted by atomic mass is 9.72. The average molecular weight is 451 g/mol. The predicted octanol–water partition coefficient (Wildman–Crippen LogP) is 5.19. The van der Waals surface area contributed by atoms with Crippen molar-refractivity contribution in [3.63, 3.8) is 0 Å². The van der Waals surface area contributed by atoms with Gasteiger partial charge in [-0.3, -0.25) is 9.78 Å². The van der Waals surface area contributed by atoms with Crippen molar-refractivity contribution < 1.29 is 14.3 Å². The summed E-state index contributed by atoms with van der Waals surface area (Å²) in [6.07, 6.45) is 4.55. The van der Waals surface area contributed by atoms with Gasteiger partial charge in [-0.1, -0.05) is 66.7 Å². The topological polar surface area (TPSA) is 68.3 Å². The normalized spacial score (nSPS) is 20.0. The van der Waals surface area contributed by atoms with E-state index in [9.17, 15) is 9.59 Å². The van der Waals surface area contributed by atoms with Gasteiger partial charge in [-0.2, -0.15) is 0 Å². The highest BCUT2D eigenvalue weighted by atomic mass is 16.5. The molecule has 2 aromatic carbocycles. The molecule has 5 heteroatoms. The van der Waals surface area contributed by atoms with Crippen LogP contribution >= 0.6 is 0 Å². The van der Waals surface area contributed by atoms with E-state index in [1.807, 2.05) is 67.6 Å². The zero-order valence-electron chi connectivity index (χ0n) is 19.0. The highest BCUT2D eigenvalue weighted by Gasteiger charge is 2.41. The number of pyridine rings is 1. The largest absolute Gasteiger partial charge is 0.457 e.